The molecule has 0 fully saturated rings. The number of carbonyl (C=O) groups is 2. The van der Waals surface area contributed by atoms with Crippen LogP contribution in [-0.4, -0.2) is 32.5 Å². The molecular formula is C10H14N4O3. The van der Waals surface area contributed by atoms with Crippen LogP contribution in [0.2, 0.25) is 0 Å². The Labute approximate surface area is 98.1 Å². The van der Waals surface area contributed by atoms with Gasteiger partial charge in [-0.25, -0.2) is 14.8 Å². The van der Waals surface area contributed by atoms with Crippen molar-refractivity contribution in [3.63, 3.8) is 0 Å². The van der Waals surface area contributed by atoms with Crippen molar-refractivity contribution in [2.24, 2.45) is 5.73 Å². The first-order chi connectivity index (χ1) is 7.74. The molecular weight excluding hydrogens is 224 g/mol. The summed E-state index contributed by atoms with van der Waals surface area (Å²) in [6.45, 7) is 4.71. The van der Waals surface area contributed by atoms with Crippen LogP contribution >= 0.6 is 0 Å². The maximum Gasteiger partial charge on any atom is 0.339 e. The van der Waals surface area contributed by atoms with E-state index in [9.17, 15) is 9.59 Å². The first kappa shape index (κ1) is 12.9. The smallest absolute Gasteiger partial charge is 0.339 e. The predicted octanol–water partition coefficient (Wildman–Crippen LogP) is 0.159. The van der Waals surface area contributed by atoms with E-state index in [0.29, 0.717) is 5.69 Å². The van der Waals surface area contributed by atoms with Crippen LogP contribution in [0.3, 0.4) is 0 Å². The number of hydrogen-bond donors (Lipinski definition) is 3. The Morgan fingerprint density at radius 2 is 2.06 bits per heavy atom. The lowest BCUT2D eigenvalue weighted by Gasteiger charge is -2.22. The molecule has 0 aliphatic carbocycles. The van der Waals surface area contributed by atoms with Gasteiger partial charge in [-0.15, -0.1) is 0 Å². The second-order valence-electron chi connectivity index (χ2n) is 4.11. The summed E-state index contributed by atoms with van der Waals surface area (Å²) in [5.74, 6) is -1.49. The number of aromatic carboxylic acids is 1. The van der Waals surface area contributed by atoms with Crippen molar-refractivity contribution in [1.29, 1.82) is 0 Å². The van der Waals surface area contributed by atoms with Crippen molar-refractivity contribution in [1.82, 2.24) is 9.97 Å². The lowest BCUT2D eigenvalue weighted by Crippen LogP contribution is -2.45. The highest BCUT2D eigenvalue weighted by atomic mass is 16.4. The number of carboxylic acids is 1. The van der Waals surface area contributed by atoms with Gasteiger partial charge in [-0.1, -0.05) is 0 Å². The Bertz CT molecular complexity index is 471. The van der Waals surface area contributed by atoms with Gasteiger partial charge in [0, 0.05) is 6.20 Å². The molecule has 7 nitrogen and oxygen atoms in total. The fourth-order valence-electron chi connectivity index (χ4n) is 1.08. The molecule has 7 heteroatoms. The second-order valence-corrected chi connectivity index (χ2v) is 4.11. The molecule has 17 heavy (non-hydrogen) atoms. The van der Waals surface area contributed by atoms with Gasteiger partial charge in [0.1, 0.15) is 5.54 Å². The molecule has 0 unspecified atom stereocenters. The van der Waals surface area contributed by atoms with Gasteiger partial charge in [-0.3, -0.25) is 4.79 Å². The van der Waals surface area contributed by atoms with Crippen molar-refractivity contribution >= 4 is 17.8 Å². The fraction of sp³-hybridized carbons (Fsp3) is 0.400. The SMILES string of the molecule is Cc1nc(NC(C)(C)C(N)=O)ncc1C(=O)O. The number of nitrogens with one attached hydrogen (secondary N) is 1. The van der Waals surface area contributed by atoms with E-state index in [1.54, 1.807) is 20.8 Å². The zero-order chi connectivity index (χ0) is 13.2. The number of hydrogen-bond acceptors (Lipinski definition) is 5. The van der Waals surface area contributed by atoms with E-state index in [-0.39, 0.29) is 11.5 Å². The van der Waals surface area contributed by atoms with Crippen LogP contribution in [0.25, 0.3) is 0 Å². The second kappa shape index (κ2) is 4.36. The summed E-state index contributed by atoms with van der Waals surface area (Å²) in [7, 11) is 0. The lowest BCUT2D eigenvalue weighted by atomic mass is 10.1. The zero-order valence-corrected chi connectivity index (χ0v) is 9.81. The summed E-state index contributed by atoms with van der Waals surface area (Å²) >= 11 is 0. The molecule has 4 N–H and O–H groups in total. The first-order valence-electron chi connectivity index (χ1n) is 4.89. The Morgan fingerprint density at radius 3 is 2.47 bits per heavy atom. The van der Waals surface area contributed by atoms with Crippen LogP contribution < -0.4 is 11.1 Å². The van der Waals surface area contributed by atoms with Crippen molar-refractivity contribution in [3.05, 3.63) is 17.5 Å². The van der Waals surface area contributed by atoms with Gasteiger partial charge in [-0.05, 0) is 20.8 Å². The standard InChI is InChI=1S/C10H14N4O3/c1-5-6(7(15)16)4-12-9(13-5)14-10(2,3)8(11)17/h4H,1-3H3,(H2,11,17)(H,15,16)(H,12,13,14). The number of nitrogens with two attached hydrogens (primary N) is 1. The first-order valence-corrected chi connectivity index (χ1v) is 4.89. The number of nitrogens with zero attached hydrogens (tertiary/aromatic N) is 2. The largest absolute Gasteiger partial charge is 0.478 e. The fourth-order valence-corrected chi connectivity index (χ4v) is 1.08. The molecule has 0 saturated heterocycles. The van der Waals surface area contributed by atoms with E-state index >= 15 is 0 Å². The third kappa shape index (κ3) is 2.90. The molecule has 0 bridgehead atoms. The van der Waals surface area contributed by atoms with E-state index < -0.39 is 17.4 Å². The maximum atomic E-state index is 11.1. The van der Waals surface area contributed by atoms with Crippen molar-refractivity contribution in [3.8, 4) is 0 Å². The molecule has 92 valence electrons. The Balaban J connectivity index is 2.99. The van der Waals surface area contributed by atoms with Gasteiger partial charge in [-0.2, -0.15) is 0 Å². The summed E-state index contributed by atoms with van der Waals surface area (Å²) in [6.07, 6.45) is 1.18. The van der Waals surface area contributed by atoms with Gasteiger partial charge in [0.25, 0.3) is 0 Å². The van der Waals surface area contributed by atoms with E-state index in [2.05, 4.69) is 15.3 Å². The number of carbonyl (C=O) groups excluding carboxylic acids is 1. The van der Waals surface area contributed by atoms with Crippen molar-refractivity contribution < 1.29 is 14.7 Å². The van der Waals surface area contributed by atoms with E-state index in [1.807, 2.05) is 0 Å². The number of primary amides is 1. The third-order valence-electron chi connectivity index (χ3n) is 2.25. The highest BCUT2D eigenvalue weighted by Gasteiger charge is 2.25. The molecule has 1 amide bonds. The van der Waals surface area contributed by atoms with Crippen molar-refractivity contribution in [2.45, 2.75) is 26.3 Å². The predicted molar refractivity (Wildman–Crippen MR) is 60.6 cm³/mol. The van der Waals surface area contributed by atoms with Gasteiger partial charge < -0.3 is 16.2 Å². The highest BCUT2D eigenvalue weighted by molar-refractivity contribution is 5.89. The molecule has 1 rings (SSSR count). The third-order valence-corrected chi connectivity index (χ3v) is 2.25. The number of aryl methyl sites for hydroxylation is 1. The number of amides is 1. The summed E-state index contributed by atoms with van der Waals surface area (Å²) in [6, 6.07) is 0. The van der Waals surface area contributed by atoms with Crippen LogP contribution in [-0.2, 0) is 4.79 Å². The van der Waals surface area contributed by atoms with E-state index in [4.69, 9.17) is 10.8 Å². The minimum absolute atomic E-state index is 0.0208. The minimum Gasteiger partial charge on any atom is -0.478 e. The molecule has 0 saturated carbocycles. The van der Waals surface area contributed by atoms with Crippen LogP contribution in [0.1, 0.15) is 29.9 Å². The molecule has 1 aromatic rings. The molecule has 0 aromatic carbocycles. The lowest BCUT2D eigenvalue weighted by molar-refractivity contribution is -0.121. The number of anilines is 1. The molecule has 0 radical (unpaired) electrons. The van der Waals surface area contributed by atoms with Crippen LogP contribution in [0, 0.1) is 6.92 Å². The van der Waals surface area contributed by atoms with Crippen LogP contribution in [0.4, 0.5) is 5.95 Å². The molecule has 0 aliphatic heterocycles. The zero-order valence-electron chi connectivity index (χ0n) is 9.81. The molecule has 1 aromatic heterocycles. The number of carboxylic acid groups (broad SMARTS) is 1. The Morgan fingerprint density at radius 1 is 1.47 bits per heavy atom. The minimum atomic E-state index is -1.09. The monoisotopic (exact) mass is 238 g/mol. The molecule has 0 aliphatic rings. The molecule has 0 spiro atoms. The van der Waals surface area contributed by atoms with Crippen LogP contribution in [0.5, 0.6) is 0 Å². The topological polar surface area (TPSA) is 118 Å². The van der Waals surface area contributed by atoms with Gasteiger partial charge in [0.05, 0.1) is 11.3 Å². The molecule has 1 heterocycles. The van der Waals surface area contributed by atoms with E-state index in [1.165, 1.54) is 6.20 Å². The van der Waals surface area contributed by atoms with E-state index in [0.717, 1.165) is 0 Å². The summed E-state index contributed by atoms with van der Waals surface area (Å²) in [4.78, 5) is 29.6. The average molecular weight is 238 g/mol. The highest BCUT2D eigenvalue weighted by Crippen LogP contribution is 2.12. The normalized spacial score (nSPS) is 11.0. The average Bonchev–Trinajstić information content (AvgIpc) is 2.15. The van der Waals surface area contributed by atoms with Crippen molar-refractivity contribution in [2.75, 3.05) is 5.32 Å². The van der Waals surface area contributed by atoms with Gasteiger partial charge in [0.2, 0.25) is 11.9 Å². The van der Waals surface area contributed by atoms with Gasteiger partial charge in [0.15, 0.2) is 0 Å². The van der Waals surface area contributed by atoms with Crippen LogP contribution in [0.15, 0.2) is 6.20 Å². The summed E-state index contributed by atoms with van der Waals surface area (Å²) in [5.41, 5.74) is 4.52. The number of rotatable bonds is 4. The maximum absolute atomic E-state index is 11.1. The number of aromatic nitrogens is 2. The van der Waals surface area contributed by atoms with Gasteiger partial charge >= 0.3 is 5.97 Å². The Hall–Kier alpha value is -2.18. The quantitative estimate of drug-likeness (QED) is 0.687. The summed E-state index contributed by atoms with van der Waals surface area (Å²) < 4.78 is 0. The molecule has 0 atom stereocenters. The summed E-state index contributed by atoms with van der Waals surface area (Å²) in [5, 5.41) is 11.5. The Kier molecular flexibility index (Phi) is 3.31.